The number of hydrogen-bond donors (Lipinski definition) is 0. The third kappa shape index (κ3) is 1.15. The van der Waals surface area contributed by atoms with E-state index < -0.39 is 0 Å². The molecule has 1 rings (SSSR count). The fourth-order valence-corrected chi connectivity index (χ4v) is 1.04. The van der Waals surface area contributed by atoms with Gasteiger partial charge in [-0.15, -0.1) is 0 Å². The molecule has 1 heteroatoms. The van der Waals surface area contributed by atoms with Crippen molar-refractivity contribution in [3.8, 4) is 0 Å². The van der Waals surface area contributed by atoms with Gasteiger partial charge in [0.2, 0.25) is 0 Å². The molecule has 0 spiro atoms. The second kappa shape index (κ2) is 2.30. The SMILES string of the molecule is CCC1C=BCC1. The first kappa shape index (κ1) is 5.08. The molecule has 0 saturated carbocycles. The third-order valence-electron chi connectivity index (χ3n) is 1.64. The topological polar surface area (TPSA) is 0 Å². The summed E-state index contributed by atoms with van der Waals surface area (Å²) in [6, 6.07) is 0. The quantitative estimate of drug-likeness (QED) is 0.430. The summed E-state index contributed by atoms with van der Waals surface area (Å²) in [6.07, 6.45) is 4.05. The molecule has 1 atom stereocenters. The van der Waals surface area contributed by atoms with E-state index in [1.165, 1.54) is 19.2 Å². The molecular formula is C6H11B. The van der Waals surface area contributed by atoms with Gasteiger partial charge < -0.3 is 0 Å². The van der Waals surface area contributed by atoms with Crippen LogP contribution in [0.15, 0.2) is 0 Å². The molecule has 0 bridgehead atoms. The first-order chi connectivity index (χ1) is 3.43. The van der Waals surface area contributed by atoms with Gasteiger partial charge in [0.1, 0.15) is 0 Å². The van der Waals surface area contributed by atoms with Crippen LogP contribution in [0.3, 0.4) is 0 Å². The molecule has 1 heterocycles. The molecule has 0 aromatic rings. The second-order valence-corrected chi connectivity index (χ2v) is 2.17. The van der Waals surface area contributed by atoms with Gasteiger partial charge in [-0.2, -0.15) is 0 Å². The van der Waals surface area contributed by atoms with Crippen molar-refractivity contribution in [1.29, 1.82) is 0 Å². The van der Waals surface area contributed by atoms with E-state index in [1.54, 1.807) is 0 Å². The van der Waals surface area contributed by atoms with E-state index in [9.17, 15) is 0 Å². The van der Waals surface area contributed by atoms with Crippen LogP contribution in [0, 0.1) is 5.92 Å². The summed E-state index contributed by atoms with van der Waals surface area (Å²) in [5, 5.41) is 0. The molecule has 1 unspecified atom stereocenters. The summed E-state index contributed by atoms with van der Waals surface area (Å²) in [5.74, 6) is 3.25. The monoisotopic (exact) mass is 94.1 g/mol. The first-order valence-electron chi connectivity index (χ1n) is 3.10. The van der Waals surface area contributed by atoms with Crippen molar-refractivity contribution in [2.75, 3.05) is 0 Å². The molecule has 1 aliphatic heterocycles. The Morgan fingerprint density at radius 3 is 3.00 bits per heavy atom. The summed E-state index contributed by atoms with van der Waals surface area (Å²) >= 11 is 0. The molecular weight excluding hydrogens is 82.9 g/mol. The Kier molecular flexibility index (Phi) is 1.67. The fraction of sp³-hybridized carbons (Fsp3) is 0.833. The van der Waals surface area contributed by atoms with Gasteiger partial charge in [-0.05, 0) is 0 Å². The molecule has 0 N–H and O–H groups in total. The van der Waals surface area contributed by atoms with Crippen molar-refractivity contribution in [2.45, 2.75) is 26.1 Å². The Morgan fingerprint density at radius 2 is 2.71 bits per heavy atom. The predicted molar refractivity (Wildman–Crippen MR) is 35.0 cm³/mol. The van der Waals surface area contributed by atoms with Gasteiger partial charge in [0, 0.05) is 0 Å². The Balaban J connectivity index is 2.28. The summed E-state index contributed by atoms with van der Waals surface area (Å²) in [5.41, 5.74) is 0. The fourth-order valence-electron chi connectivity index (χ4n) is 1.04. The van der Waals surface area contributed by atoms with Crippen molar-refractivity contribution < 1.29 is 0 Å². The number of rotatable bonds is 1. The molecule has 0 aromatic heterocycles. The standard InChI is InChI=1S/C6H11B/c1-2-6-3-4-7-5-6/h5-6H,2-4H2,1H3. The van der Waals surface area contributed by atoms with Crippen LogP contribution in [-0.2, 0) is 0 Å². The van der Waals surface area contributed by atoms with Crippen LogP contribution < -0.4 is 0 Å². The third-order valence-corrected chi connectivity index (χ3v) is 1.64. The molecule has 38 valence electrons. The zero-order chi connectivity index (χ0) is 5.11. The summed E-state index contributed by atoms with van der Waals surface area (Å²) in [6.45, 7) is 4.54. The molecule has 0 nitrogen and oxygen atoms in total. The van der Waals surface area contributed by atoms with Crippen molar-refractivity contribution >= 4 is 12.9 Å². The molecule has 0 fully saturated rings. The van der Waals surface area contributed by atoms with Gasteiger partial charge in [-0.1, -0.05) is 0 Å². The average molecular weight is 94.0 g/mol. The first-order valence-corrected chi connectivity index (χ1v) is 3.10. The van der Waals surface area contributed by atoms with Crippen molar-refractivity contribution in [3.63, 3.8) is 0 Å². The molecule has 0 amide bonds. The van der Waals surface area contributed by atoms with Crippen LogP contribution in [0.5, 0.6) is 0 Å². The summed E-state index contributed by atoms with van der Waals surface area (Å²) in [7, 11) is 0. The normalized spacial score (nSPS) is 27.9. The Morgan fingerprint density at radius 1 is 1.86 bits per heavy atom. The van der Waals surface area contributed by atoms with Crippen molar-refractivity contribution in [2.24, 2.45) is 5.92 Å². The van der Waals surface area contributed by atoms with Crippen LogP contribution in [-0.4, -0.2) is 12.9 Å². The van der Waals surface area contributed by atoms with Crippen LogP contribution in [0.4, 0.5) is 0 Å². The van der Waals surface area contributed by atoms with Gasteiger partial charge in [-0.25, -0.2) is 0 Å². The van der Waals surface area contributed by atoms with Gasteiger partial charge in [0.15, 0.2) is 0 Å². The predicted octanol–water partition coefficient (Wildman–Crippen LogP) is 1.34. The molecule has 0 aromatic carbocycles. The number of hydrogen-bond acceptors (Lipinski definition) is 0. The van der Waals surface area contributed by atoms with E-state index in [0.717, 1.165) is 5.92 Å². The minimum atomic E-state index is 0.917. The second-order valence-electron chi connectivity index (χ2n) is 2.17. The maximum absolute atomic E-state index is 2.33. The molecule has 0 saturated heterocycles. The zero-order valence-corrected chi connectivity index (χ0v) is 4.85. The van der Waals surface area contributed by atoms with Crippen molar-refractivity contribution in [1.82, 2.24) is 0 Å². The molecule has 0 aliphatic carbocycles. The minimum absolute atomic E-state index is 0.917. The van der Waals surface area contributed by atoms with E-state index >= 15 is 0 Å². The molecule has 0 radical (unpaired) electrons. The average Bonchev–Trinajstić information content (AvgIpc) is 2.14. The van der Waals surface area contributed by atoms with E-state index in [2.05, 4.69) is 19.8 Å². The Hall–Kier alpha value is -0.0651. The van der Waals surface area contributed by atoms with Gasteiger partial charge in [-0.3, -0.25) is 0 Å². The van der Waals surface area contributed by atoms with E-state index in [4.69, 9.17) is 0 Å². The van der Waals surface area contributed by atoms with Crippen LogP contribution in [0.1, 0.15) is 19.8 Å². The maximum atomic E-state index is 2.33. The van der Waals surface area contributed by atoms with E-state index in [0.29, 0.717) is 0 Å². The summed E-state index contributed by atoms with van der Waals surface area (Å²) in [4.78, 5) is 0. The van der Waals surface area contributed by atoms with Gasteiger partial charge in [0.25, 0.3) is 0 Å². The van der Waals surface area contributed by atoms with Crippen LogP contribution >= 0.6 is 0 Å². The summed E-state index contributed by atoms with van der Waals surface area (Å²) < 4.78 is 0. The van der Waals surface area contributed by atoms with Crippen molar-refractivity contribution in [3.05, 3.63) is 0 Å². The van der Waals surface area contributed by atoms with Crippen LogP contribution in [0.25, 0.3) is 0 Å². The van der Waals surface area contributed by atoms with Gasteiger partial charge >= 0.3 is 44.9 Å². The Bertz CT molecular complexity index is 76.2. The van der Waals surface area contributed by atoms with E-state index in [1.807, 2.05) is 0 Å². The molecule has 7 heavy (non-hydrogen) atoms. The Labute approximate surface area is 45.8 Å². The van der Waals surface area contributed by atoms with Crippen LogP contribution in [0.2, 0.25) is 6.32 Å². The molecule has 1 aliphatic rings. The van der Waals surface area contributed by atoms with E-state index in [-0.39, 0.29) is 0 Å². The zero-order valence-electron chi connectivity index (χ0n) is 4.85. The van der Waals surface area contributed by atoms with Gasteiger partial charge in [0.05, 0.1) is 0 Å².